The molecule has 2 bridgehead atoms. The van der Waals surface area contributed by atoms with Crippen molar-refractivity contribution < 1.29 is 28.6 Å². The molecule has 1 aromatic rings. The normalized spacial score (nSPS) is 33.3. The number of rotatable bonds is 3. The highest BCUT2D eigenvalue weighted by Gasteiger charge is 2.41. The monoisotopic (exact) mass is 596 g/mol. The smallest absolute Gasteiger partial charge is 0.258 e. The number of para-hydroxylation sites is 1. The van der Waals surface area contributed by atoms with E-state index in [0.29, 0.717) is 56.7 Å². The predicted octanol–water partition coefficient (Wildman–Crippen LogP) is 2.75. The van der Waals surface area contributed by atoms with E-state index in [1.807, 2.05) is 18.2 Å². The molecule has 1 aromatic carbocycles. The number of nitrogens with one attached hydrogen (secondary N) is 2. The van der Waals surface area contributed by atoms with Crippen LogP contribution < -0.4 is 15.4 Å². The average molecular weight is 597 g/mol. The van der Waals surface area contributed by atoms with E-state index in [-0.39, 0.29) is 48.4 Å². The number of benzene rings is 1. The molecule has 0 spiro atoms. The van der Waals surface area contributed by atoms with Crippen LogP contribution in [0.4, 0.5) is 0 Å². The second-order valence-corrected chi connectivity index (χ2v) is 13.2. The highest BCUT2D eigenvalue weighted by atomic mass is 16.5. The molecule has 236 valence electrons. The molecular weight excluding hydrogens is 548 g/mol. The summed E-state index contributed by atoms with van der Waals surface area (Å²) < 4.78 is 18.1. The molecule has 10 nitrogen and oxygen atoms in total. The molecule has 2 N–H and O–H groups in total. The molecule has 6 rings (SSSR count). The van der Waals surface area contributed by atoms with Gasteiger partial charge in [0.05, 0.1) is 30.4 Å². The van der Waals surface area contributed by atoms with E-state index in [0.717, 1.165) is 51.0 Å². The summed E-state index contributed by atoms with van der Waals surface area (Å²) >= 11 is 0. The zero-order chi connectivity index (χ0) is 29.8. The summed E-state index contributed by atoms with van der Waals surface area (Å²) in [6.07, 6.45) is 7.93. The maximum Gasteiger partial charge on any atom is 0.258 e. The lowest BCUT2D eigenvalue weighted by atomic mass is 9.86. The Labute approximate surface area is 255 Å². The van der Waals surface area contributed by atoms with Gasteiger partial charge in [0.1, 0.15) is 11.8 Å². The largest absolute Gasteiger partial charge is 0.493 e. The first-order valence-corrected chi connectivity index (χ1v) is 16.5. The Morgan fingerprint density at radius 2 is 1.72 bits per heavy atom. The van der Waals surface area contributed by atoms with Gasteiger partial charge in [0.2, 0.25) is 11.8 Å². The van der Waals surface area contributed by atoms with E-state index >= 15 is 0 Å². The highest BCUT2D eigenvalue weighted by Crippen LogP contribution is 2.31. The maximum absolute atomic E-state index is 14.0. The molecule has 1 saturated carbocycles. The van der Waals surface area contributed by atoms with E-state index in [1.165, 1.54) is 12.8 Å². The van der Waals surface area contributed by atoms with Crippen molar-refractivity contribution in [1.82, 2.24) is 20.4 Å². The molecule has 3 amide bonds. The van der Waals surface area contributed by atoms with E-state index in [4.69, 9.17) is 14.2 Å². The van der Waals surface area contributed by atoms with E-state index < -0.39 is 6.04 Å². The Bertz CT molecular complexity index is 1130. The van der Waals surface area contributed by atoms with Crippen LogP contribution in [0.15, 0.2) is 24.3 Å². The van der Waals surface area contributed by atoms with Crippen molar-refractivity contribution in [2.75, 3.05) is 46.0 Å². The van der Waals surface area contributed by atoms with Crippen molar-refractivity contribution in [2.45, 2.75) is 95.0 Å². The lowest BCUT2D eigenvalue weighted by Crippen LogP contribution is -2.63. The average Bonchev–Trinajstić information content (AvgIpc) is 3.04. The molecule has 10 heteroatoms. The Balaban J connectivity index is 1.22. The summed E-state index contributed by atoms with van der Waals surface area (Å²) in [6.45, 7) is 5.99. The first-order valence-electron chi connectivity index (χ1n) is 16.5. The van der Waals surface area contributed by atoms with Crippen LogP contribution in [0.1, 0.15) is 75.1 Å². The molecule has 0 unspecified atom stereocenters. The quantitative estimate of drug-likeness (QED) is 0.553. The van der Waals surface area contributed by atoms with Crippen LogP contribution >= 0.6 is 0 Å². The van der Waals surface area contributed by atoms with E-state index in [1.54, 1.807) is 11.0 Å². The molecule has 3 saturated heterocycles. The molecule has 4 fully saturated rings. The Hall–Kier alpha value is -2.69. The van der Waals surface area contributed by atoms with Gasteiger partial charge in [-0.2, -0.15) is 0 Å². The number of carbonyl (C=O) groups excluding carboxylic acids is 3. The van der Waals surface area contributed by atoms with Crippen LogP contribution in [-0.4, -0.2) is 104 Å². The number of nitrogens with zero attached hydrogens (tertiary/aromatic N) is 2. The van der Waals surface area contributed by atoms with Gasteiger partial charge in [-0.3, -0.25) is 19.3 Å². The molecule has 0 radical (unpaired) electrons. The molecule has 4 atom stereocenters. The number of carbonyl (C=O) groups is 3. The lowest BCUT2D eigenvalue weighted by molar-refractivity contribution is -0.134. The van der Waals surface area contributed by atoms with E-state index in [9.17, 15) is 14.4 Å². The van der Waals surface area contributed by atoms with Gasteiger partial charge >= 0.3 is 0 Å². The zero-order valence-corrected chi connectivity index (χ0v) is 25.5. The van der Waals surface area contributed by atoms with Crippen molar-refractivity contribution in [3.05, 3.63) is 29.8 Å². The molecule has 4 heterocycles. The number of piperazine rings is 1. The maximum atomic E-state index is 14.0. The van der Waals surface area contributed by atoms with Crippen molar-refractivity contribution >= 4 is 17.7 Å². The summed E-state index contributed by atoms with van der Waals surface area (Å²) in [6, 6.07) is 6.99. The number of ether oxygens (including phenoxy) is 3. The van der Waals surface area contributed by atoms with Gasteiger partial charge < -0.3 is 29.7 Å². The SMILES string of the molecule is CC1CCC(N2CCN3C(=O)c4ccccc4OCC[C@@H]4CC[C@@H](NC(=O)C5CCOCC5)[C@@H](CNC(=O)[C@@H]3C2)O4)CC1. The van der Waals surface area contributed by atoms with Gasteiger partial charge in [-0.1, -0.05) is 19.1 Å². The minimum Gasteiger partial charge on any atom is -0.493 e. The van der Waals surface area contributed by atoms with Crippen LogP contribution in [0.3, 0.4) is 0 Å². The summed E-state index contributed by atoms with van der Waals surface area (Å²) in [5.74, 6) is 0.945. The van der Waals surface area contributed by atoms with Crippen LogP contribution in [0.25, 0.3) is 0 Å². The second kappa shape index (κ2) is 13.9. The van der Waals surface area contributed by atoms with Crippen molar-refractivity contribution in [2.24, 2.45) is 11.8 Å². The fraction of sp³-hybridized carbons (Fsp3) is 0.727. The molecule has 5 aliphatic rings. The number of hydrogen-bond donors (Lipinski definition) is 2. The number of fused-ring (bicyclic) bond motifs is 4. The highest BCUT2D eigenvalue weighted by molar-refractivity contribution is 6.00. The van der Waals surface area contributed by atoms with Gasteiger partial charge in [0, 0.05) is 57.8 Å². The summed E-state index contributed by atoms with van der Waals surface area (Å²) in [5, 5.41) is 6.41. The molecular formula is C33H48N4O6. The van der Waals surface area contributed by atoms with E-state index in [2.05, 4.69) is 22.5 Å². The summed E-state index contributed by atoms with van der Waals surface area (Å²) in [5.41, 5.74) is 0.496. The molecule has 43 heavy (non-hydrogen) atoms. The third kappa shape index (κ3) is 7.18. The van der Waals surface area contributed by atoms with Gasteiger partial charge in [-0.15, -0.1) is 0 Å². The summed E-state index contributed by atoms with van der Waals surface area (Å²) in [4.78, 5) is 45.3. The lowest BCUT2D eigenvalue weighted by Gasteiger charge is -2.45. The first kappa shape index (κ1) is 30.3. The fourth-order valence-electron chi connectivity index (χ4n) is 7.54. The molecule has 4 aliphatic heterocycles. The third-order valence-corrected chi connectivity index (χ3v) is 10.3. The number of amides is 3. The van der Waals surface area contributed by atoms with Crippen molar-refractivity contribution in [1.29, 1.82) is 0 Å². The van der Waals surface area contributed by atoms with Crippen LogP contribution in [0.5, 0.6) is 5.75 Å². The first-order chi connectivity index (χ1) is 21.0. The zero-order valence-electron chi connectivity index (χ0n) is 25.5. The topological polar surface area (TPSA) is 109 Å². The number of hydrogen-bond acceptors (Lipinski definition) is 7. The van der Waals surface area contributed by atoms with Gasteiger partial charge in [-0.05, 0) is 69.4 Å². The van der Waals surface area contributed by atoms with Gasteiger partial charge in [0.25, 0.3) is 5.91 Å². The Morgan fingerprint density at radius 1 is 0.930 bits per heavy atom. The second-order valence-electron chi connectivity index (χ2n) is 13.2. The third-order valence-electron chi connectivity index (χ3n) is 10.3. The molecule has 0 aromatic heterocycles. The van der Waals surface area contributed by atoms with Crippen molar-refractivity contribution in [3.8, 4) is 5.75 Å². The fourth-order valence-corrected chi connectivity index (χ4v) is 7.54. The molecule has 1 aliphatic carbocycles. The summed E-state index contributed by atoms with van der Waals surface area (Å²) in [7, 11) is 0. The van der Waals surface area contributed by atoms with Gasteiger partial charge in [0.15, 0.2) is 0 Å². The van der Waals surface area contributed by atoms with Crippen LogP contribution in [-0.2, 0) is 19.1 Å². The van der Waals surface area contributed by atoms with Crippen molar-refractivity contribution in [3.63, 3.8) is 0 Å². The van der Waals surface area contributed by atoms with Crippen LogP contribution in [0.2, 0.25) is 0 Å². The Morgan fingerprint density at radius 3 is 2.53 bits per heavy atom. The minimum atomic E-state index is -0.619. The van der Waals surface area contributed by atoms with Gasteiger partial charge in [-0.25, -0.2) is 0 Å². The predicted molar refractivity (Wildman–Crippen MR) is 161 cm³/mol. The standard InChI is InChI=1S/C33H48N4O6/c1-22-6-8-24(9-7-22)36-15-16-37-28(21-36)32(39)34-20-30-27(35-31(38)23-12-17-41-18-13-23)11-10-25(43-30)14-19-42-29-5-3-2-4-26(29)33(37)40/h2-5,22-25,27-28,30H,6-21H2,1H3,(H,34,39)(H,35,38)/t22?,24?,25-,27+,28-,30+/m0/s1. The minimum absolute atomic E-state index is 0.0440. The van der Waals surface area contributed by atoms with Crippen LogP contribution in [0, 0.1) is 11.8 Å². The Kier molecular flexibility index (Phi) is 9.84.